The van der Waals surface area contributed by atoms with Crippen LogP contribution in [0, 0.1) is 0 Å². The Kier molecular flexibility index (Phi) is 3.23. The molecule has 0 N–H and O–H groups in total. The third kappa shape index (κ3) is 2.30. The lowest BCUT2D eigenvalue weighted by atomic mass is 10.2. The molecular formula is C9H6BrClN2OS. The van der Waals surface area contributed by atoms with Crippen molar-refractivity contribution in [2.75, 3.05) is 7.11 Å². The van der Waals surface area contributed by atoms with Crippen LogP contribution in [-0.4, -0.2) is 17.3 Å². The predicted molar refractivity (Wildman–Crippen MR) is 64.6 cm³/mol. The van der Waals surface area contributed by atoms with Gasteiger partial charge in [0, 0.05) is 4.47 Å². The van der Waals surface area contributed by atoms with Crippen molar-refractivity contribution in [3.8, 4) is 16.3 Å². The Labute approximate surface area is 104 Å². The topological polar surface area (TPSA) is 35.0 Å². The van der Waals surface area contributed by atoms with E-state index in [-0.39, 0.29) is 0 Å². The molecule has 0 bridgehead atoms. The van der Waals surface area contributed by atoms with E-state index in [1.165, 1.54) is 11.3 Å². The second-order valence-electron chi connectivity index (χ2n) is 2.70. The molecule has 1 heterocycles. The summed E-state index contributed by atoms with van der Waals surface area (Å²) in [7, 11) is 1.62. The zero-order valence-corrected chi connectivity index (χ0v) is 10.9. The van der Waals surface area contributed by atoms with Gasteiger partial charge in [0.15, 0.2) is 5.01 Å². The number of hydrogen-bond donors (Lipinski definition) is 0. The van der Waals surface area contributed by atoms with Crippen molar-refractivity contribution in [1.82, 2.24) is 10.2 Å². The molecule has 78 valence electrons. The molecule has 2 aromatic rings. The van der Waals surface area contributed by atoms with Crippen LogP contribution in [-0.2, 0) is 0 Å². The van der Waals surface area contributed by atoms with Gasteiger partial charge in [0.25, 0.3) is 0 Å². The zero-order valence-electron chi connectivity index (χ0n) is 7.70. The molecule has 0 fully saturated rings. The van der Waals surface area contributed by atoms with Gasteiger partial charge in [-0.25, -0.2) is 0 Å². The van der Waals surface area contributed by atoms with Gasteiger partial charge in [-0.2, -0.15) is 0 Å². The van der Waals surface area contributed by atoms with Gasteiger partial charge in [-0.05, 0) is 29.8 Å². The van der Waals surface area contributed by atoms with E-state index in [0.29, 0.717) is 4.47 Å². The number of methoxy groups -OCH3 is 1. The molecule has 3 nitrogen and oxygen atoms in total. The van der Waals surface area contributed by atoms with Gasteiger partial charge in [0.1, 0.15) is 5.75 Å². The van der Waals surface area contributed by atoms with Crippen LogP contribution < -0.4 is 4.74 Å². The third-order valence-electron chi connectivity index (χ3n) is 1.79. The van der Waals surface area contributed by atoms with Crippen molar-refractivity contribution in [3.05, 3.63) is 27.1 Å². The van der Waals surface area contributed by atoms with Crippen molar-refractivity contribution in [2.24, 2.45) is 0 Å². The molecule has 0 unspecified atom stereocenters. The third-order valence-corrected chi connectivity index (χ3v) is 3.34. The minimum atomic E-state index is 0.423. The molecule has 0 aliphatic rings. The highest BCUT2D eigenvalue weighted by atomic mass is 79.9. The van der Waals surface area contributed by atoms with E-state index in [4.69, 9.17) is 16.3 Å². The summed E-state index contributed by atoms with van der Waals surface area (Å²) in [6, 6.07) is 5.70. The van der Waals surface area contributed by atoms with Gasteiger partial charge in [-0.1, -0.05) is 27.3 Å². The van der Waals surface area contributed by atoms with E-state index in [1.54, 1.807) is 7.11 Å². The molecule has 1 aromatic heterocycles. The fourth-order valence-corrected chi connectivity index (χ4v) is 2.37. The van der Waals surface area contributed by atoms with Gasteiger partial charge >= 0.3 is 0 Å². The molecule has 15 heavy (non-hydrogen) atoms. The van der Waals surface area contributed by atoms with E-state index >= 15 is 0 Å². The smallest absolute Gasteiger partial charge is 0.207 e. The van der Waals surface area contributed by atoms with Crippen LogP contribution in [0.3, 0.4) is 0 Å². The average Bonchev–Trinajstić information content (AvgIpc) is 2.65. The van der Waals surface area contributed by atoms with Crippen LogP contribution in [0.4, 0.5) is 0 Å². The molecule has 0 radical (unpaired) electrons. The first-order valence-corrected chi connectivity index (χ1v) is 6.02. The normalized spacial score (nSPS) is 10.3. The summed E-state index contributed by atoms with van der Waals surface area (Å²) in [5.74, 6) is 0.756. The molecule has 0 atom stereocenters. The highest BCUT2D eigenvalue weighted by Gasteiger charge is 2.11. The molecule has 0 saturated heterocycles. The second kappa shape index (κ2) is 4.47. The molecule has 0 saturated carbocycles. The SMILES string of the molecule is COc1ccc(Br)cc1-c1nnc(Cl)s1. The maximum absolute atomic E-state index is 5.74. The highest BCUT2D eigenvalue weighted by Crippen LogP contribution is 2.35. The van der Waals surface area contributed by atoms with Gasteiger partial charge < -0.3 is 4.74 Å². The summed E-state index contributed by atoms with van der Waals surface area (Å²) in [4.78, 5) is 0. The Hall–Kier alpha value is -0.650. The quantitative estimate of drug-likeness (QED) is 0.850. The number of halogens is 2. The van der Waals surface area contributed by atoms with Crippen molar-refractivity contribution >= 4 is 38.9 Å². The van der Waals surface area contributed by atoms with Crippen molar-refractivity contribution in [1.29, 1.82) is 0 Å². The van der Waals surface area contributed by atoms with Gasteiger partial charge in [-0.3, -0.25) is 0 Å². The molecule has 0 spiro atoms. The average molecular weight is 306 g/mol. The van der Waals surface area contributed by atoms with Crippen LogP contribution in [0.15, 0.2) is 22.7 Å². The minimum Gasteiger partial charge on any atom is -0.496 e. The standard InChI is InChI=1S/C9H6BrClN2OS/c1-14-7-3-2-5(10)4-6(7)8-12-13-9(11)15-8/h2-4H,1H3. The zero-order chi connectivity index (χ0) is 10.8. The van der Waals surface area contributed by atoms with Gasteiger partial charge in [0.05, 0.1) is 12.7 Å². The Morgan fingerprint density at radius 2 is 2.20 bits per heavy atom. The molecule has 6 heteroatoms. The monoisotopic (exact) mass is 304 g/mol. The minimum absolute atomic E-state index is 0.423. The fourth-order valence-electron chi connectivity index (χ4n) is 1.16. The van der Waals surface area contributed by atoms with Crippen molar-refractivity contribution < 1.29 is 4.74 Å². The molecule has 2 rings (SSSR count). The van der Waals surface area contributed by atoms with E-state index in [2.05, 4.69) is 26.1 Å². The predicted octanol–water partition coefficient (Wildman–Crippen LogP) is 3.63. The molecule has 0 aliphatic heterocycles. The molecule has 0 aliphatic carbocycles. The Bertz CT molecular complexity index is 489. The summed E-state index contributed by atoms with van der Waals surface area (Å²) in [5.41, 5.74) is 0.885. The molecule has 0 amide bonds. The maximum Gasteiger partial charge on any atom is 0.207 e. The fraction of sp³-hybridized carbons (Fsp3) is 0.111. The Morgan fingerprint density at radius 1 is 1.40 bits per heavy atom. The van der Waals surface area contributed by atoms with E-state index < -0.39 is 0 Å². The van der Waals surface area contributed by atoms with Gasteiger partial charge in [-0.15, -0.1) is 10.2 Å². The highest BCUT2D eigenvalue weighted by molar-refractivity contribution is 9.10. The second-order valence-corrected chi connectivity index (χ2v) is 5.18. The lowest BCUT2D eigenvalue weighted by Gasteiger charge is -2.05. The maximum atomic E-state index is 5.74. The van der Waals surface area contributed by atoms with E-state index in [0.717, 1.165) is 20.8 Å². The van der Waals surface area contributed by atoms with E-state index in [9.17, 15) is 0 Å². The van der Waals surface area contributed by atoms with Crippen LogP contribution in [0.2, 0.25) is 4.47 Å². The van der Waals surface area contributed by atoms with Crippen LogP contribution in [0.5, 0.6) is 5.75 Å². The number of aromatic nitrogens is 2. The Morgan fingerprint density at radius 3 is 2.80 bits per heavy atom. The number of nitrogens with zero attached hydrogens (tertiary/aromatic N) is 2. The van der Waals surface area contributed by atoms with Crippen LogP contribution >= 0.6 is 38.9 Å². The molecular weight excluding hydrogens is 300 g/mol. The van der Waals surface area contributed by atoms with Crippen molar-refractivity contribution in [2.45, 2.75) is 0 Å². The lowest BCUT2D eigenvalue weighted by molar-refractivity contribution is 0.416. The number of rotatable bonds is 2. The largest absolute Gasteiger partial charge is 0.496 e. The number of benzene rings is 1. The van der Waals surface area contributed by atoms with E-state index in [1.807, 2.05) is 18.2 Å². The van der Waals surface area contributed by atoms with Crippen molar-refractivity contribution in [3.63, 3.8) is 0 Å². The lowest BCUT2D eigenvalue weighted by Crippen LogP contribution is -1.87. The first kappa shape index (κ1) is 10.9. The van der Waals surface area contributed by atoms with Gasteiger partial charge in [0.2, 0.25) is 4.47 Å². The summed E-state index contributed by atoms with van der Waals surface area (Å²) in [6.45, 7) is 0. The van der Waals surface area contributed by atoms with Crippen LogP contribution in [0.1, 0.15) is 0 Å². The first-order valence-electron chi connectivity index (χ1n) is 4.03. The molecule has 1 aromatic carbocycles. The summed E-state index contributed by atoms with van der Waals surface area (Å²) in [6.07, 6.45) is 0. The number of hydrogen-bond acceptors (Lipinski definition) is 4. The Balaban J connectivity index is 2.55. The van der Waals surface area contributed by atoms with Crippen LogP contribution in [0.25, 0.3) is 10.6 Å². The summed E-state index contributed by atoms with van der Waals surface area (Å²) in [5, 5.41) is 8.48. The number of ether oxygens (including phenoxy) is 1. The summed E-state index contributed by atoms with van der Waals surface area (Å²) >= 11 is 10.5. The summed E-state index contributed by atoms with van der Waals surface area (Å²) < 4.78 is 6.62. The first-order chi connectivity index (χ1) is 7.20.